The maximum Gasteiger partial charge on any atom is 0.347 e. The van der Waals surface area contributed by atoms with E-state index in [1.165, 1.54) is 49.4 Å². The molecule has 0 aliphatic carbocycles. The Morgan fingerprint density at radius 3 is 2.52 bits per heavy atom. The van der Waals surface area contributed by atoms with E-state index in [0.717, 1.165) is 0 Å². The van der Waals surface area contributed by atoms with Crippen LogP contribution in [0.15, 0.2) is 35.7 Å². The van der Waals surface area contributed by atoms with E-state index in [0.29, 0.717) is 16.3 Å². The lowest BCUT2D eigenvalue weighted by Crippen LogP contribution is -2.35. The first-order valence-corrected chi connectivity index (χ1v) is 8.20. The molecule has 0 aliphatic heterocycles. The third kappa shape index (κ3) is 5.02. The molecule has 0 radical (unpaired) electrons. The highest BCUT2D eigenvalue weighted by Gasteiger charge is 2.24. The molecule has 25 heavy (non-hydrogen) atoms. The molecule has 0 aliphatic rings. The Kier molecular flexibility index (Phi) is 6.08. The van der Waals surface area contributed by atoms with Gasteiger partial charge in [0.2, 0.25) is 0 Å². The number of rotatable bonds is 6. The Morgan fingerprint density at radius 2 is 1.88 bits per heavy atom. The second kappa shape index (κ2) is 8.26. The number of nitrogens with one attached hydrogen (secondary N) is 1. The van der Waals surface area contributed by atoms with Crippen LogP contribution in [0.2, 0.25) is 0 Å². The van der Waals surface area contributed by atoms with Crippen LogP contribution in [-0.2, 0) is 14.3 Å². The number of nitriles is 1. The second-order valence-corrected chi connectivity index (χ2v) is 5.97. The van der Waals surface area contributed by atoms with E-state index < -0.39 is 29.9 Å². The smallest absolute Gasteiger partial charge is 0.347 e. The van der Waals surface area contributed by atoms with Crippen LogP contribution in [0.3, 0.4) is 0 Å². The molecule has 0 spiro atoms. The van der Waals surface area contributed by atoms with E-state index in [1.807, 2.05) is 6.07 Å². The number of halogens is 1. The summed E-state index contributed by atoms with van der Waals surface area (Å²) in [7, 11) is 0. The quantitative estimate of drug-likeness (QED) is 0.798. The number of hydrogen-bond donors (Lipinski definition) is 1. The van der Waals surface area contributed by atoms with Gasteiger partial charge in [0.05, 0.1) is 5.56 Å². The Bertz CT molecular complexity index is 798. The molecule has 1 aromatic heterocycles. The summed E-state index contributed by atoms with van der Waals surface area (Å²) in [6.45, 7) is 2.88. The number of esters is 1. The van der Waals surface area contributed by atoms with Crippen LogP contribution < -0.4 is 10.1 Å². The van der Waals surface area contributed by atoms with Gasteiger partial charge in [-0.25, -0.2) is 9.18 Å². The monoisotopic (exact) mass is 362 g/mol. The maximum atomic E-state index is 12.8. The van der Waals surface area contributed by atoms with Crippen molar-refractivity contribution in [2.24, 2.45) is 0 Å². The van der Waals surface area contributed by atoms with Crippen LogP contribution in [0.4, 0.5) is 9.39 Å². The van der Waals surface area contributed by atoms with Crippen LogP contribution >= 0.6 is 11.3 Å². The highest BCUT2D eigenvalue weighted by atomic mass is 32.1. The van der Waals surface area contributed by atoms with Crippen molar-refractivity contribution < 1.29 is 23.5 Å². The van der Waals surface area contributed by atoms with E-state index >= 15 is 0 Å². The van der Waals surface area contributed by atoms with E-state index in [2.05, 4.69) is 5.32 Å². The van der Waals surface area contributed by atoms with Crippen molar-refractivity contribution in [2.75, 3.05) is 5.32 Å². The molecule has 0 saturated heterocycles. The molecule has 2 aromatic rings. The topological polar surface area (TPSA) is 88.4 Å². The number of benzene rings is 1. The average Bonchev–Trinajstić information content (AvgIpc) is 3.03. The minimum absolute atomic E-state index is 0.306. The molecule has 8 heteroatoms. The zero-order valence-electron chi connectivity index (χ0n) is 13.5. The number of carbonyl (C=O) groups is 2. The lowest BCUT2D eigenvalue weighted by molar-refractivity contribution is -0.159. The summed E-state index contributed by atoms with van der Waals surface area (Å²) in [5.41, 5.74) is 0.338. The molecular weight excluding hydrogens is 347 g/mol. The third-order valence-corrected chi connectivity index (χ3v) is 3.97. The number of carbonyl (C=O) groups excluding carboxylic acids is 2. The largest absolute Gasteiger partial charge is 0.479 e. The minimum Gasteiger partial charge on any atom is -0.479 e. The summed E-state index contributed by atoms with van der Waals surface area (Å²) >= 11 is 1.20. The van der Waals surface area contributed by atoms with Gasteiger partial charge < -0.3 is 14.8 Å². The van der Waals surface area contributed by atoms with E-state index in [1.54, 1.807) is 11.4 Å². The van der Waals surface area contributed by atoms with Crippen molar-refractivity contribution in [3.63, 3.8) is 0 Å². The van der Waals surface area contributed by atoms with Gasteiger partial charge in [-0.2, -0.15) is 5.26 Å². The summed E-state index contributed by atoms with van der Waals surface area (Å²) in [6, 6.07) is 8.71. The van der Waals surface area contributed by atoms with Crippen molar-refractivity contribution in [1.29, 1.82) is 5.26 Å². The lowest BCUT2D eigenvalue weighted by atomic mass is 10.3. The zero-order valence-corrected chi connectivity index (χ0v) is 14.3. The molecule has 1 aromatic carbocycles. The zero-order chi connectivity index (χ0) is 18.4. The van der Waals surface area contributed by atoms with Crippen molar-refractivity contribution in [1.82, 2.24) is 0 Å². The first-order valence-electron chi connectivity index (χ1n) is 7.32. The van der Waals surface area contributed by atoms with Crippen LogP contribution in [0, 0.1) is 17.1 Å². The molecule has 1 amide bonds. The number of thiophene rings is 1. The van der Waals surface area contributed by atoms with Crippen molar-refractivity contribution in [2.45, 2.75) is 26.1 Å². The van der Waals surface area contributed by atoms with Gasteiger partial charge in [-0.1, -0.05) is 0 Å². The van der Waals surface area contributed by atoms with Gasteiger partial charge >= 0.3 is 5.97 Å². The number of anilines is 1. The van der Waals surface area contributed by atoms with Gasteiger partial charge in [0.25, 0.3) is 5.91 Å². The molecule has 6 nitrogen and oxygen atoms in total. The van der Waals surface area contributed by atoms with Crippen molar-refractivity contribution in [3.8, 4) is 11.8 Å². The van der Waals surface area contributed by atoms with E-state index in [-0.39, 0.29) is 0 Å². The van der Waals surface area contributed by atoms with E-state index in [4.69, 9.17) is 14.7 Å². The summed E-state index contributed by atoms with van der Waals surface area (Å²) in [5, 5.41) is 13.5. The number of hydrogen-bond acceptors (Lipinski definition) is 6. The normalized spacial score (nSPS) is 12.6. The van der Waals surface area contributed by atoms with E-state index in [9.17, 15) is 14.0 Å². The van der Waals surface area contributed by atoms with Gasteiger partial charge in [0.15, 0.2) is 12.2 Å². The summed E-state index contributed by atoms with van der Waals surface area (Å²) < 4.78 is 23.2. The predicted molar refractivity (Wildman–Crippen MR) is 89.7 cm³/mol. The van der Waals surface area contributed by atoms with Crippen LogP contribution in [-0.4, -0.2) is 24.1 Å². The summed E-state index contributed by atoms with van der Waals surface area (Å²) in [6.07, 6.45) is -2.04. The molecule has 1 heterocycles. The average molecular weight is 362 g/mol. The Hall–Kier alpha value is -2.92. The van der Waals surface area contributed by atoms with Gasteiger partial charge in [0, 0.05) is 0 Å². The van der Waals surface area contributed by atoms with Crippen molar-refractivity contribution >= 4 is 28.2 Å². The Labute approximate surface area is 147 Å². The van der Waals surface area contributed by atoms with Crippen LogP contribution in [0.5, 0.6) is 5.75 Å². The molecule has 0 bridgehead atoms. The fourth-order valence-corrected chi connectivity index (χ4v) is 2.54. The van der Waals surface area contributed by atoms with Crippen molar-refractivity contribution in [3.05, 3.63) is 47.1 Å². The molecule has 130 valence electrons. The molecule has 0 fully saturated rings. The molecule has 1 N–H and O–H groups in total. The Morgan fingerprint density at radius 1 is 1.20 bits per heavy atom. The second-order valence-electron chi connectivity index (χ2n) is 5.06. The molecular formula is C17H15FN2O4S. The minimum atomic E-state index is -1.07. The number of amides is 1. The van der Waals surface area contributed by atoms with Gasteiger partial charge in [-0.15, -0.1) is 11.3 Å². The van der Waals surface area contributed by atoms with Crippen LogP contribution in [0.1, 0.15) is 19.4 Å². The third-order valence-electron chi connectivity index (χ3n) is 3.14. The van der Waals surface area contributed by atoms with Gasteiger partial charge in [-0.3, -0.25) is 4.79 Å². The highest BCUT2D eigenvalue weighted by Crippen LogP contribution is 2.22. The standard InChI is InChI=1S/C17H15FN2O4S/c1-10(15(21)20-16-12(9-19)7-8-25-16)24-17(22)11(2)23-14-5-3-13(18)4-6-14/h3-8,10-11H,1-2H3,(H,20,21)/t10-,11+/m0/s1. The Balaban J connectivity index is 1.89. The lowest BCUT2D eigenvalue weighted by Gasteiger charge is -2.17. The predicted octanol–water partition coefficient (Wildman–Crippen LogP) is 3.10. The fourth-order valence-electron chi connectivity index (χ4n) is 1.80. The summed E-state index contributed by atoms with van der Waals surface area (Å²) in [5.74, 6) is -1.40. The molecule has 0 saturated carbocycles. The molecule has 0 unspecified atom stereocenters. The van der Waals surface area contributed by atoms with Gasteiger partial charge in [0.1, 0.15) is 22.6 Å². The number of nitrogens with zero attached hydrogens (tertiary/aromatic N) is 1. The fraction of sp³-hybridized carbons (Fsp3) is 0.235. The van der Waals surface area contributed by atoms with Crippen LogP contribution in [0.25, 0.3) is 0 Å². The maximum absolute atomic E-state index is 12.8. The first kappa shape index (κ1) is 18.4. The SMILES string of the molecule is C[C@H](OC(=O)[C@@H](C)Oc1ccc(F)cc1)C(=O)Nc1sccc1C#N. The summed E-state index contributed by atoms with van der Waals surface area (Å²) in [4.78, 5) is 24.1. The number of ether oxygens (including phenoxy) is 2. The first-order chi connectivity index (χ1) is 11.9. The van der Waals surface area contributed by atoms with Gasteiger partial charge in [-0.05, 0) is 49.6 Å². The molecule has 2 atom stereocenters. The highest BCUT2D eigenvalue weighted by molar-refractivity contribution is 7.14. The molecule has 2 rings (SSSR count).